The summed E-state index contributed by atoms with van der Waals surface area (Å²) in [5.41, 5.74) is 0.977. The molecule has 0 saturated carbocycles. The number of imidazole rings is 1. The first kappa shape index (κ1) is 9.05. The minimum atomic E-state index is 0.0197. The Hall–Kier alpha value is -1.52. The molecule has 14 heavy (non-hydrogen) atoms. The molecular formula is C9H15N5. The minimum Gasteiger partial charge on any atom is -0.364 e. The Kier molecular flexibility index (Phi) is 1.77. The molecule has 0 atom stereocenters. The summed E-state index contributed by atoms with van der Waals surface area (Å²) in [7, 11) is 0. The maximum absolute atomic E-state index is 4.32. The molecule has 76 valence electrons. The Labute approximate surface area is 82.5 Å². The van der Waals surface area contributed by atoms with Gasteiger partial charge in [-0.05, 0) is 27.7 Å². The highest BCUT2D eigenvalue weighted by atomic mass is 15.4. The Morgan fingerprint density at radius 2 is 2.14 bits per heavy atom. The van der Waals surface area contributed by atoms with Crippen molar-refractivity contribution in [1.82, 2.24) is 19.6 Å². The first-order valence-corrected chi connectivity index (χ1v) is 4.64. The molecule has 2 heterocycles. The van der Waals surface area contributed by atoms with Crippen molar-refractivity contribution in [3.8, 4) is 0 Å². The van der Waals surface area contributed by atoms with E-state index in [-0.39, 0.29) is 5.54 Å². The lowest BCUT2D eigenvalue weighted by Crippen LogP contribution is -2.27. The molecule has 5 heteroatoms. The van der Waals surface area contributed by atoms with Crippen molar-refractivity contribution < 1.29 is 0 Å². The summed E-state index contributed by atoms with van der Waals surface area (Å²) in [5, 5.41) is 6.40. The van der Waals surface area contributed by atoms with Crippen LogP contribution in [-0.4, -0.2) is 25.1 Å². The number of rotatable bonds is 1. The fourth-order valence-corrected chi connectivity index (χ4v) is 1.37. The van der Waals surface area contributed by atoms with E-state index in [1.54, 1.807) is 6.33 Å². The largest absolute Gasteiger partial charge is 0.364 e. The Morgan fingerprint density at radius 3 is 2.79 bits per heavy atom. The van der Waals surface area contributed by atoms with Gasteiger partial charge in [-0.1, -0.05) is 0 Å². The van der Waals surface area contributed by atoms with Crippen LogP contribution in [0.25, 0.3) is 5.78 Å². The second-order valence-electron chi connectivity index (χ2n) is 4.44. The van der Waals surface area contributed by atoms with E-state index >= 15 is 0 Å². The van der Waals surface area contributed by atoms with Crippen LogP contribution in [0.2, 0.25) is 0 Å². The first-order valence-electron chi connectivity index (χ1n) is 4.64. The molecule has 2 N–H and O–H groups in total. The van der Waals surface area contributed by atoms with E-state index in [2.05, 4.69) is 41.2 Å². The second kappa shape index (κ2) is 2.73. The second-order valence-corrected chi connectivity index (χ2v) is 4.44. The van der Waals surface area contributed by atoms with E-state index in [0.29, 0.717) is 5.78 Å². The first-order chi connectivity index (χ1) is 6.47. The van der Waals surface area contributed by atoms with Gasteiger partial charge in [-0.2, -0.15) is 0 Å². The number of aromatic nitrogens is 4. The van der Waals surface area contributed by atoms with Crippen molar-refractivity contribution in [2.24, 2.45) is 0 Å². The van der Waals surface area contributed by atoms with Crippen LogP contribution in [-0.2, 0) is 0 Å². The number of fused-ring (bicyclic) bond motifs is 1. The van der Waals surface area contributed by atoms with Crippen molar-refractivity contribution in [2.45, 2.75) is 33.2 Å². The molecule has 0 aliphatic rings. The average molecular weight is 193 g/mol. The van der Waals surface area contributed by atoms with E-state index in [1.807, 2.05) is 11.4 Å². The zero-order valence-electron chi connectivity index (χ0n) is 8.92. The normalized spacial score (nSPS) is 12.3. The molecule has 0 aliphatic heterocycles. The van der Waals surface area contributed by atoms with E-state index in [0.717, 1.165) is 11.5 Å². The van der Waals surface area contributed by atoms with Crippen LogP contribution in [0.1, 0.15) is 26.5 Å². The zero-order chi connectivity index (χ0) is 10.3. The smallest absolute Gasteiger partial charge is 0.252 e. The number of nitrogens with zero attached hydrogens (tertiary/aromatic N) is 3. The van der Waals surface area contributed by atoms with Crippen molar-refractivity contribution in [1.29, 1.82) is 0 Å². The SMILES string of the molecule is Cc1nc2nc[nH]n2c1NC(C)(C)C. The summed E-state index contributed by atoms with van der Waals surface area (Å²) >= 11 is 0. The van der Waals surface area contributed by atoms with Gasteiger partial charge in [0.05, 0.1) is 5.69 Å². The monoisotopic (exact) mass is 193 g/mol. The van der Waals surface area contributed by atoms with Gasteiger partial charge in [-0.15, -0.1) is 0 Å². The van der Waals surface area contributed by atoms with Crippen LogP contribution in [0.15, 0.2) is 6.33 Å². The predicted molar refractivity (Wildman–Crippen MR) is 55.5 cm³/mol. The number of hydrogen-bond acceptors (Lipinski definition) is 3. The summed E-state index contributed by atoms with van der Waals surface area (Å²) in [4.78, 5) is 8.40. The Morgan fingerprint density at radius 1 is 1.43 bits per heavy atom. The van der Waals surface area contributed by atoms with Crippen LogP contribution in [0, 0.1) is 6.92 Å². The van der Waals surface area contributed by atoms with Gasteiger partial charge in [0.2, 0.25) is 0 Å². The van der Waals surface area contributed by atoms with E-state index < -0.39 is 0 Å². The molecule has 0 fully saturated rings. The predicted octanol–water partition coefficient (Wildman–Crippen LogP) is 1.58. The maximum Gasteiger partial charge on any atom is 0.252 e. The van der Waals surface area contributed by atoms with E-state index in [4.69, 9.17) is 0 Å². The molecule has 0 saturated heterocycles. The molecule has 5 nitrogen and oxygen atoms in total. The number of H-pyrrole nitrogens is 1. The van der Waals surface area contributed by atoms with Gasteiger partial charge in [-0.3, -0.25) is 5.10 Å². The number of aromatic amines is 1. The van der Waals surface area contributed by atoms with Crippen molar-refractivity contribution in [3.05, 3.63) is 12.0 Å². The number of aryl methyl sites for hydroxylation is 1. The molecular weight excluding hydrogens is 178 g/mol. The molecule has 2 aromatic heterocycles. The van der Waals surface area contributed by atoms with Crippen LogP contribution in [0.4, 0.5) is 5.82 Å². The molecule has 0 spiro atoms. The minimum absolute atomic E-state index is 0.0197. The maximum atomic E-state index is 4.32. The molecule has 0 aromatic carbocycles. The van der Waals surface area contributed by atoms with Crippen molar-refractivity contribution in [2.75, 3.05) is 5.32 Å². The zero-order valence-corrected chi connectivity index (χ0v) is 8.92. The fraction of sp³-hybridized carbons (Fsp3) is 0.556. The van der Waals surface area contributed by atoms with Crippen LogP contribution >= 0.6 is 0 Å². The van der Waals surface area contributed by atoms with E-state index in [9.17, 15) is 0 Å². The topological polar surface area (TPSA) is 58.0 Å². The van der Waals surface area contributed by atoms with Gasteiger partial charge < -0.3 is 5.32 Å². The van der Waals surface area contributed by atoms with E-state index in [1.165, 1.54) is 0 Å². The molecule has 0 aliphatic carbocycles. The lowest BCUT2D eigenvalue weighted by atomic mass is 10.1. The summed E-state index contributed by atoms with van der Waals surface area (Å²) in [6.07, 6.45) is 1.63. The van der Waals surface area contributed by atoms with Gasteiger partial charge in [0.15, 0.2) is 5.82 Å². The molecule has 2 rings (SSSR count). The summed E-state index contributed by atoms with van der Waals surface area (Å²) < 4.78 is 1.85. The highest BCUT2D eigenvalue weighted by Gasteiger charge is 2.16. The third-order valence-electron chi connectivity index (χ3n) is 1.89. The molecule has 0 bridgehead atoms. The fourth-order valence-electron chi connectivity index (χ4n) is 1.37. The Balaban J connectivity index is 2.49. The lowest BCUT2D eigenvalue weighted by Gasteiger charge is -2.21. The third kappa shape index (κ3) is 1.45. The van der Waals surface area contributed by atoms with Gasteiger partial charge in [0.1, 0.15) is 6.33 Å². The highest BCUT2D eigenvalue weighted by molar-refractivity contribution is 5.51. The van der Waals surface area contributed by atoms with Crippen LogP contribution < -0.4 is 5.32 Å². The number of nitrogens with one attached hydrogen (secondary N) is 2. The molecule has 0 radical (unpaired) electrons. The summed E-state index contributed by atoms with van der Waals surface area (Å²) in [6.45, 7) is 8.31. The summed E-state index contributed by atoms with van der Waals surface area (Å²) in [6, 6.07) is 0. The summed E-state index contributed by atoms with van der Waals surface area (Å²) in [5.74, 6) is 1.68. The number of hydrogen-bond donors (Lipinski definition) is 2. The molecule has 2 aromatic rings. The Bertz CT molecular complexity index is 445. The van der Waals surface area contributed by atoms with Crippen molar-refractivity contribution in [3.63, 3.8) is 0 Å². The van der Waals surface area contributed by atoms with Gasteiger partial charge in [0, 0.05) is 5.54 Å². The molecule has 0 amide bonds. The average Bonchev–Trinajstić information content (AvgIpc) is 2.54. The van der Waals surface area contributed by atoms with Crippen LogP contribution in [0.3, 0.4) is 0 Å². The third-order valence-corrected chi connectivity index (χ3v) is 1.89. The lowest BCUT2D eigenvalue weighted by molar-refractivity contribution is 0.626. The standard InChI is InChI=1S/C9H15N5/c1-6-7(13-9(2,3)4)14-8(12-6)10-5-11-14/h5,13H,1-4H3,(H,10,11,12). The van der Waals surface area contributed by atoms with Gasteiger partial charge in [-0.25, -0.2) is 14.5 Å². The van der Waals surface area contributed by atoms with Gasteiger partial charge >= 0.3 is 0 Å². The van der Waals surface area contributed by atoms with Crippen LogP contribution in [0.5, 0.6) is 0 Å². The number of anilines is 1. The van der Waals surface area contributed by atoms with Crippen molar-refractivity contribution >= 4 is 11.6 Å². The quantitative estimate of drug-likeness (QED) is 0.722. The highest BCUT2D eigenvalue weighted by Crippen LogP contribution is 2.18. The molecule has 0 unspecified atom stereocenters. The van der Waals surface area contributed by atoms with Gasteiger partial charge in [0.25, 0.3) is 5.78 Å².